The van der Waals surface area contributed by atoms with Crippen LogP contribution < -0.4 is 9.64 Å². The molecule has 1 amide bonds. The average molecular weight is 490 g/mol. The minimum atomic E-state index is -0.683. The molecule has 4 heterocycles. The highest BCUT2D eigenvalue weighted by Gasteiger charge is 2.39. The van der Waals surface area contributed by atoms with Crippen molar-refractivity contribution in [3.05, 3.63) is 54.0 Å². The molecule has 36 heavy (non-hydrogen) atoms. The van der Waals surface area contributed by atoms with Crippen molar-refractivity contribution in [3.63, 3.8) is 0 Å². The smallest absolute Gasteiger partial charge is 0.327 e. The van der Waals surface area contributed by atoms with Gasteiger partial charge in [0, 0.05) is 30.6 Å². The van der Waals surface area contributed by atoms with Crippen LogP contribution in [0.2, 0.25) is 0 Å². The Balaban J connectivity index is 1.40. The molecule has 2 bridgehead atoms. The fraction of sp³-hybridized carbons (Fsp3) is 0.320. The van der Waals surface area contributed by atoms with Crippen molar-refractivity contribution in [2.24, 2.45) is 0 Å². The van der Waals surface area contributed by atoms with Gasteiger partial charge in [-0.2, -0.15) is 20.1 Å². The van der Waals surface area contributed by atoms with Gasteiger partial charge in [0.2, 0.25) is 5.95 Å². The van der Waals surface area contributed by atoms with Gasteiger partial charge < -0.3 is 19.3 Å². The quantitative estimate of drug-likeness (QED) is 0.454. The number of aromatic nitrogens is 5. The minimum Gasteiger partial charge on any atom is -0.421 e. The highest BCUT2D eigenvalue weighted by molar-refractivity contribution is 5.94. The summed E-state index contributed by atoms with van der Waals surface area (Å²) in [4.78, 5) is 29.6. The number of hydrogen-bond donors (Lipinski definition) is 1. The predicted molar refractivity (Wildman–Crippen MR) is 130 cm³/mol. The summed E-state index contributed by atoms with van der Waals surface area (Å²) >= 11 is 0. The van der Waals surface area contributed by atoms with Crippen LogP contribution in [0.25, 0.3) is 22.3 Å². The first-order valence-corrected chi connectivity index (χ1v) is 11.7. The Morgan fingerprint density at radius 2 is 1.92 bits per heavy atom. The monoisotopic (exact) mass is 489 g/mol. The van der Waals surface area contributed by atoms with E-state index in [1.807, 2.05) is 18.2 Å². The number of anilines is 1. The van der Waals surface area contributed by atoms with Gasteiger partial charge in [-0.25, -0.2) is 4.39 Å². The van der Waals surface area contributed by atoms with Crippen LogP contribution in [0.5, 0.6) is 11.8 Å². The summed E-state index contributed by atoms with van der Waals surface area (Å²) in [7, 11) is 3.22. The van der Waals surface area contributed by atoms with E-state index >= 15 is 0 Å². The molecule has 0 saturated carbocycles. The van der Waals surface area contributed by atoms with Gasteiger partial charge in [-0.15, -0.1) is 0 Å². The first-order valence-electron chi connectivity index (χ1n) is 11.7. The van der Waals surface area contributed by atoms with Crippen molar-refractivity contribution in [1.82, 2.24) is 30.0 Å². The van der Waals surface area contributed by atoms with E-state index in [9.17, 15) is 9.18 Å². The number of aromatic amines is 1. The topological polar surface area (TPSA) is 109 Å². The van der Waals surface area contributed by atoms with Crippen LogP contribution in [0, 0.1) is 5.82 Å². The van der Waals surface area contributed by atoms with Crippen LogP contribution in [-0.4, -0.2) is 75.3 Å². The lowest BCUT2D eigenvalue weighted by Crippen LogP contribution is -2.46. The van der Waals surface area contributed by atoms with Crippen molar-refractivity contribution in [2.75, 3.05) is 32.2 Å². The molecule has 2 saturated heterocycles. The van der Waals surface area contributed by atoms with Crippen LogP contribution in [-0.2, 0) is 4.74 Å². The number of amides is 1. The summed E-state index contributed by atoms with van der Waals surface area (Å²) < 4.78 is 26.4. The summed E-state index contributed by atoms with van der Waals surface area (Å²) in [6.45, 7) is 1.20. The number of carbonyl (C=O) groups excluding carboxylic acids is 1. The van der Waals surface area contributed by atoms with Crippen molar-refractivity contribution in [3.8, 4) is 23.1 Å². The number of H-pyrrole nitrogens is 1. The van der Waals surface area contributed by atoms with Crippen LogP contribution in [0.15, 0.2) is 42.6 Å². The number of benzene rings is 2. The van der Waals surface area contributed by atoms with E-state index < -0.39 is 5.82 Å². The summed E-state index contributed by atoms with van der Waals surface area (Å²) in [5.74, 6) is -0.189. The Kier molecular flexibility index (Phi) is 5.48. The standard InChI is InChI=1S/C25H24FN7O3/c1-32(2)23(34)15-4-8-21(19(26)10-15)36-25-29-22(14-3-7-20-16(9-14)11-27-31-20)28-24(30-25)33-17-5-6-18(33)13-35-12-17/h3-4,7-11,17-18H,5-6,12-13H2,1-2H3,(H,27,31). The Bertz CT molecular complexity index is 1440. The lowest BCUT2D eigenvalue weighted by molar-refractivity contribution is 0.0827. The molecule has 2 aromatic carbocycles. The molecule has 10 nitrogen and oxygen atoms in total. The molecule has 2 aliphatic heterocycles. The summed E-state index contributed by atoms with van der Waals surface area (Å²) in [5, 5.41) is 7.92. The van der Waals surface area contributed by atoms with Gasteiger partial charge >= 0.3 is 6.01 Å². The van der Waals surface area contributed by atoms with Crippen molar-refractivity contribution in [1.29, 1.82) is 0 Å². The first kappa shape index (κ1) is 22.4. The minimum absolute atomic E-state index is 0.0289. The second-order valence-corrected chi connectivity index (χ2v) is 9.19. The number of morpholine rings is 1. The molecule has 2 aliphatic rings. The second kappa shape index (κ2) is 8.83. The van der Waals surface area contributed by atoms with Crippen molar-refractivity contribution >= 4 is 22.8 Å². The molecule has 0 spiro atoms. The maximum Gasteiger partial charge on any atom is 0.327 e. The average Bonchev–Trinajstić information content (AvgIpc) is 3.45. The molecular formula is C25H24FN7O3. The number of nitrogens with zero attached hydrogens (tertiary/aromatic N) is 6. The molecule has 0 aliphatic carbocycles. The third-order valence-corrected chi connectivity index (χ3v) is 6.56. The van der Waals surface area contributed by atoms with Crippen LogP contribution in [0.3, 0.4) is 0 Å². The number of hydrogen-bond acceptors (Lipinski definition) is 8. The van der Waals surface area contributed by atoms with Gasteiger partial charge in [0.05, 0.1) is 37.0 Å². The molecule has 184 valence electrons. The molecule has 2 aromatic heterocycles. The van der Waals surface area contributed by atoms with E-state index in [0.717, 1.165) is 35.4 Å². The SMILES string of the molecule is CN(C)C(=O)c1ccc(Oc2nc(-c3ccc4[nH]ncc4c3)nc(N3C4CCC3COC4)n2)c(F)c1. The van der Waals surface area contributed by atoms with Crippen LogP contribution >= 0.6 is 0 Å². The second-order valence-electron chi connectivity index (χ2n) is 9.19. The highest BCUT2D eigenvalue weighted by Crippen LogP contribution is 2.34. The zero-order valence-electron chi connectivity index (χ0n) is 19.8. The lowest BCUT2D eigenvalue weighted by Gasteiger charge is -2.34. The number of ether oxygens (including phenoxy) is 2. The summed E-state index contributed by atoms with van der Waals surface area (Å²) in [6.07, 6.45) is 3.70. The maximum atomic E-state index is 14.9. The number of rotatable bonds is 5. The number of halogens is 1. The van der Waals surface area contributed by atoms with E-state index in [1.165, 1.54) is 17.0 Å². The molecule has 2 unspecified atom stereocenters. The van der Waals surface area contributed by atoms with Crippen LogP contribution in [0.4, 0.5) is 10.3 Å². The molecule has 0 radical (unpaired) electrons. The number of carbonyl (C=O) groups is 1. The molecule has 4 aromatic rings. The number of fused-ring (bicyclic) bond motifs is 3. The summed E-state index contributed by atoms with van der Waals surface area (Å²) in [6, 6.07) is 10.1. The fourth-order valence-electron chi connectivity index (χ4n) is 4.75. The predicted octanol–water partition coefficient (Wildman–Crippen LogP) is 3.42. The van der Waals surface area contributed by atoms with E-state index in [1.54, 1.807) is 20.3 Å². The first-order chi connectivity index (χ1) is 17.5. The van der Waals surface area contributed by atoms with Gasteiger partial charge in [-0.05, 0) is 49.2 Å². The lowest BCUT2D eigenvalue weighted by atomic mass is 10.1. The van der Waals surface area contributed by atoms with Gasteiger partial charge in [0.15, 0.2) is 17.4 Å². The normalized spacial score (nSPS) is 19.0. The molecule has 2 atom stereocenters. The zero-order valence-corrected chi connectivity index (χ0v) is 19.8. The Morgan fingerprint density at radius 3 is 2.67 bits per heavy atom. The van der Waals surface area contributed by atoms with E-state index in [2.05, 4.69) is 25.1 Å². The van der Waals surface area contributed by atoms with Crippen LogP contribution in [0.1, 0.15) is 23.2 Å². The molecule has 6 rings (SSSR count). The molecule has 1 N–H and O–H groups in total. The van der Waals surface area contributed by atoms with Crippen molar-refractivity contribution < 1.29 is 18.7 Å². The summed E-state index contributed by atoms with van der Waals surface area (Å²) in [5.41, 5.74) is 1.87. The third kappa shape index (κ3) is 4.01. The van der Waals surface area contributed by atoms with E-state index in [-0.39, 0.29) is 35.3 Å². The molecular weight excluding hydrogens is 465 g/mol. The van der Waals surface area contributed by atoms with Gasteiger partial charge in [-0.3, -0.25) is 9.89 Å². The third-order valence-electron chi connectivity index (χ3n) is 6.56. The van der Waals surface area contributed by atoms with Gasteiger partial charge in [0.25, 0.3) is 5.91 Å². The molecule has 11 heteroatoms. The van der Waals surface area contributed by atoms with Gasteiger partial charge in [0.1, 0.15) is 0 Å². The van der Waals surface area contributed by atoms with Crippen molar-refractivity contribution in [2.45, 2.75) is 24.9 Å². The van der Waals surface area contributed by atoms with E-state index in [0.29, 0.717) is 25.0 Å². The Labute approximate surface area is 206 Å². The maximum absolute atomic E-state index is 14.9. The fourth-order valence-corrected chi connectivity index (χ4v) is 4.75. The Morgan fingerprint density at radius 1 is 1.11 bits per heavy atom. The highest BCUT2D eigenvalue weighted by atomic mass is 19.1. The Hall–Kier alpha value is -4.12. The zero-order chi connectivity index (χ0) is 24.8. The number of nitrogens with one attached hydrogen (secondary N) is 1. The van der Waals surface area contributed by atoms with E-state index in [4.69, 9.17) is 14.5 Å². The molecule has 2 fully saturated rings. The largest absolute Gasteiger partial charge is 0.421 e. The van der Waals surface area contributed by atoms with Gasteiger partial charge in [-0.1, -0.05) is 0 Å².